The third-order valence-electron chi connectivity index (χ3n) is 4.46. The number of hydrogen-bond donors (Lipinski definition) is 1. The van der Waals surface area contributed by atoms with Gasteiger partial charge in [-0.15, -0.1) is 0 Å². The molecule has 2 unspecified atom stereocenters. The van der Waals surface area contributed by atoms with Crippen LogP contribution < -0.4 is 5.32 Å². The van der Waals surface area contributed by atoms with Crippen molar-refractivity contribution >= 4 is 0 Å². The van der Waals surface area contributed by atoms with Gasteiger partial charge in [-0.05, 0) is 43.6 Å². The Bertz CT molecular complexity index is 170. The maximum absolute atomic E-state index is 3.80. The van der Waals surface area contributed by atoms with Crippen LogP contribution in [0.4, 0.5) is 0 Å². The van der Waals surface area contributed by atoms with E-state index >= 15 is 0 Å². The Morgan fingerprint density at radius 2 is 1.75 bits per heavy atom. The molecule has 0 aromatic heterocycles. The van der Waals surface area contributed by atoms with Crippen molar-refractivity contribution in [3.63, 3.8) is 0 Å². The van der Waals surface area contributed by atoms with Crippen molar-refractivity contribution in [3.05, 3.63) is 0 Å². The van der Waals surface area contributed by atoms with Crippen LogP contribution in [0.1, 0.15) is 66.2 Å². The van der Waals surface area contributed by atoms with Gasteiger partial charge in [0.1, 0.15) is 0 Å². The molecule has 1 heteroatoms. The molecule has 2 atom stereocenters. The molecule has 1 N–H and O–H groups in total. The Labute approximate surface area is 102 Å². The lowest BCUT2D eigenvalue weighted by molar-refractivity contribution is 0.187. The molecule has 1 aliphatic rings. The minimum Gasteiger partial charge on any atom is -0.313 e. The van der Waals surface area contributed by atoms with Gasteiger partial charge in [0.2, 0.25) is 0 Å². The van der Waals surface area contributed by atoms with Crippen LogP contribution in [-0.2, 0) is 0 Å². The Hall–Kier alpha value is -0.0400. The SMILES string of the molecule is CCCNC(C(C)CC)C1CCC(C)CC1. The van der Waals surface area contributed by atoms with Crippen LogP contribution in [0.25, 0.3) is 0 Å². The molecule has 0 aliphatic heterocycles. The first-order chi connectivity index (χ1) is 7.69. The molecule has 1 saturated carbocycles. The van der Waals surface area contributed by atoms with Crippen LogP contribution in [-0.4, -0.2) is 12.6 Å². The average Bonchev–Trinajstić information content (AvgIpc) is 2.31. The number of rotatable bonds is 6. The lowest BCUT2D eigenvalue weighted by Gasteiger charge is -2.36. The van der Waals surface area contributed by atoms with E-state index in [1.54, 1.807) is 0 Å². The highest BCUT2D eigenvalue weighted by Gasteiger charge is 2.28. The molecule has 1 fully saturated rings. The van der Waals surface area contributed by atoms with E-state index in [1.807, 2.05) is 0 Å². The monoisotopic (exact) mass is 225 g/mol. The molecule has 1 nitrogen and oxygen atoms in total. The van der Waals surface area contributed by atoms with Crippen molar-refractivity contribution in [1.29, 1.82) is 0 Å². The lowest BCUT2D eigenvalue weighted by atomic mass is 9.75. The van der Waals surface area contributed by atoms with E-state index in [0.29, 0.717) is 0 Å². The van der Waals surface area contributed by atoms with Crippen molar-refractivity contribution in [2.24, 2.45) is 17.8 Å². The third kappa shape index (κ3) is 4.08. The van der Waals surface area contributed by atoms with E-state index in [0.717, 1.165) is 23.8 Å². The maximum Gasteiger partial charge on any atom is 0.0121 e. The van der Waals surface area contributed by atoms with Crippen molar-refractivity contribution < 1.29 is 0 Å². The first-order valence-electron chi connectivity index (χ1n) is 7.42. The Morgan fingerprint density at radius 3 is 2.25 bits per heavy atom. The zero-order chi connectivity index (χ0) is 12.0. The maximum atomic E-state index is 3.80. The van der Waals surface area contributed by atoms with Crippen LogP contribution >= 0.6 is 0 Å². The van der Waals surface area contributed by atoms with E-state index in [2.05, 4.69) is 33.0 Å². The van der Waals surface area contributed by atoms with Crippen LogP contribution in [0.2, 0.25) is 0 Å². The molecular weight excluding hydrogens is 194 g/mol. The quantitative estimate of drug-likeness (QED) is 0.713. The highest BCUT2D eigenvalue weighted by Crippen LogP contribution is 2.33. The molecule has 0 aromatic carbocycles. The van der Waals surface area contributed by atoms with Gasteiger partial charge in [-0.25, -0.2) is 0 Å². The summed E-state index contributed by atoms with van der Waals surface area (Å²) in [6, 6.07) is 0.775. The summed E-state index contributed by atoms with van der Waals surface area (Å²) >= 11 is 0. The standard InChI is InChI=1S/C15H31N/c1-5-11-16-15(13(4)6-2)14-9-7-12(3)8-10-14/h12-16H,5-11H2,1-4H3. The minimum atomic E-state index is 0.775. The molecule has 1 aliphatic carbocycles. The number of nitrogens with one attached hydrogen (secondary N) is 1. The molecule has 1 rings (SSSR count). The molecule has 0 radical (unpaired) electrons. The van der Waals surface area contributed by atoms with E-state index in [-0.39, 0.29) is 0 Å². The highest BCUT2D eigenvalue weighted by molar-refractivity contribution is 4.84. The molecule has 0 heterocycles. The largest absolute Gasteiger partial charge is 0.313 e. The Morgan fingerprint density at radius 1 is 1.12 bits per heavy atom. The second kappa shape index (κ2) is 7.32. The first-order valence-corrected chi connectivity index (χ1v) is 7.42. The summed E-state index contributed by atoms with van der Waals surface area (Å²) in [6.45, 7) is 10.6. The summed E-state index contributed by atoms with van der Waals surface area (Å²) in [7, 11) is 0. The van der Waals surface area contributed by atoms with E-state index in [9.17, 15) is 0 Å². The second-order valence-corrected chi connectivity index (χ2v) is 5.89. The van der Waals surface area contributed by atoms with Crippen molar-refractivity contribution in [2.45, 2.75) is 72.3 Å². The smallest absolute Gasteiger partial charge is 0.0121 e. The van der Waals surface area contributed by atoms with Crippen molar-refractivity contribution in [2.75, 3.05) is 6.54 Å². The molecule has 0 amide bonds. The third-order valence-corrected chi connectivity index (χ3v) is 4.46. The predicted octanol–water partition coefficient (Wildman–Crippen LogP) is 4.23. The fourth-order valence-corrected chi connectivity index (χ4v) is 3.04. The van der Waals surface area contributed by atoms with E-state index in [1.165, 1.54) is 45.1 Å². The van der Waals surface area contributed by atoms with Gasteiger partial charge in [0.25, 0.3) is 0 Å². The normalized spacial score (nSPS) is 30.0. The van der Waals surface area contributed by atoms with Crippen molar-refractivity contribution in [3.8, 4) is 0 Å². The fourth-order valence-electron chi connectivity index (χ4n) is 3.04. The van der Waals surface area contributed by atoms with Gasteiger partial charge in [0.05, 0.1) is 0 Å². The fraction of sp³-hybridized carbons (Fsp3) is 1.00. The van der Waals surface area contributed by atoms with Gasteiger partial charge in [0, 0.05) is 6.04 Å². The van der Waals surface area contributed by atoms with Crippen LogP contribution in [0.5, 0.6) is 0 Å². The average molecular weight is 225 g/mol. The van der Waals surface area contributed by atoms with E-state index < -0.39 is 0 Å². The van der Waals surface area contributed by atoms with Gasteiger partial charge in [0.15, 0.2) is 0 Å². The highest BCUT2D eigenvalue weighted by atomic mass is 14.9. The second-order valence-electron chi connectivity index (χ2n) is 5.89. The summed E-state index contributed by atoms with van der Waals surface area (Å²) in [5.41, 5.74) is 0. The number of hydrogen-bond acceptors (Lipinski definition) is 1. The van der Waals surface area contributed by atoms with Gasteiger partial charge in [-0.1, -0.05) is 47.0 Å². The van der Waals surface area contributed by atoms with Crippen LogP contribution in [0.3, 0.4) is 0 Å². The first kappa shape index (κ1) is 14.0. The van der Waals surface area contributed by atoms with Crippen LogP contribution in [0.15, 0.2) is 0 Å². The van der Waals surface area contributed by atoms with Crippen LogP contribution in [0, 0.1) is 17.8 Å². The predicted molar refractivity (Wildman–Crippen MR) is 72.7 cm³/mol. The minimum absolute atomic E-state index is 0.775. The zero-order valence-electron chi connectivity index (χ0n) is 11.8. The van der Waals surface area contributed by atoms with Crippen molar-refractivity contribution in [1.82, 2.24) is 5.32 Å². The Kier molecular flexibility index (Phi) is 6.41. The molecule has 16 heavy (non-hydrogen) atoms. The summed E-state index contributed by atoms with van der Waals surface area (Å²) in [5, 5.41) is 3.80. The summed E-state index contributed by atoms with van der Waals surface area (Å²) in [4.78, 5) is 0. The molecule has 0 aromatic rings. The molecule has 0 saturated heterocycles. The topological polar surface area (TPSA) is 12.0 Å². The molecule has 96 valence electrons. The Balaban J connectivity index is 2.47. The van der Waals surface area contributed by atoms with Gasteiger partial charge in [-0.2, -0.15) is 0 Å². The summed E-state index contributed by atoms with van der Waals surface area (Å²) < 4.78 is 0. The summed E-state index contributed by atoms with van der Waals surface area (Å²) in [5.74, 6) is 2.75. The van der Waals surface area contributed by atoms with E-state index in [4.69, 9.17) is 0 Å². The zero-order valence-corrected chi connectivity index (χ0v) is 11.8. The summed E-state index contributed by atoms with van der Waals surface area (Å²) in [6.07, 6.45) is 8.38. The van der Waals surface area contributed by atoms with Gasteiger partial charge >= 0.3 is 0 Å². The molecule has 0 spiro atoms. The lowest BCUT2D eigenvalue weighted by Crippen LogP contribution is -2.42. The molecule has 0 bridgehead atoms. The van der Waals surface area contributed by atoms with Gasteiger partial charge < -0.3 is 5.32 Å². The van der Waals surface area contributed by atoms with Gasteiger partial charge in [-0.3, -0.25) is 0 Å². The molecular formula is C15H31N.